The van der Waals surface area contributed by atoms with Crippen LogP contribution in [0.3, 0.4) is 0 Å². The second-order valence-electron chi connectivity index (χ2n) is 6.61. The summed E-state index contributed by atoms with van der Waals surface area (Å²) in [4.78, 5) is 5.21. The van der Waals surface area contributed by atoms with E-state index in [4.69, 9.17) is 5.73 Å². The maximum Gasteiger partial charge on any atom is 0.0433 e. The number of nitrogens with zero attached hydrogens (tertiary/aromatic N) is 2. The summed E-state index contributed by atoms with van der Waals surface area (Å²) in [6.07, 6.45) is 1.31. The lowest BCUT2D eigenvalue weighted by molar-refractivity contribution is 0.113. The zero-order valence-electron chi connectivity index (χ0n) is 11.6. The molecule has 0 unspecified atom stereocenters. The highest BCUT2D eigenvalue weighted by Gasteiger charge is 2.46. The number of nitrogens with two attached hydrogens (primary N) is 1. The lowest BCUT2D eigenvalue weighted by atomic mass is 10.0. The van der Waals surface area contributed by atoms with Crippen LogP contribution >= 0.6 is 0 Å². The SMILES string of the molecule is CC(C)(C)N1C[C@H]2C[C@@H]1CN2c1ccc(N)cc1. The third-order valence-corrected chi connectivity index (χ3v) is 4.33. The number of hydrogen-bond acceptors (Lipinski definition) is 3. The molecule has 2 heterocycles. The lowest BCUT2D eigenvalue weighted by Crippen LogP contribution is -2.53. The average Bonchev–Trinajstić information content (AvgIpc) is 2.88. The molecule has 2 N–H and O–H groups in total. The molecule has 3 nitrogen and oxygen atoms in total. The molecule has 18 heavy (non-hydrogen) atoms. The van der Waals surface area contributed by atoms with E-state index in [0.29, 0.717) is 17.6 Å². The largest absolute Gasteiger partial charge is 0.399 e. The molecule has 3 rings (SSSR count). The zero-order valence-corrected chi connectivity index (χ0v) is 11.6. The Morgan fingerprint density at radius 2 is 1.72 bits per heavy atom. The first-order valence-corrected chi connectivity index (χ1v) is 6.84. The molecule has 2 atom stereocenters. The van der Waals surface area contributed by atoms with Gasteiger partial charge in [0.15, 0.2) is 0 Å². The minimum Gasteiger partial charge on any atom is -0.399 e. The van der Waals surface area contributed by atoms with E-state index in [1.807, 2.05) is 12.1 Å². The second-order valence-corrected chi connectivity index (χ2v) is 6.61. The van der Waals surface area contributed by atoms with Crippen molar-refractivity contribution in [3.63, 3.8) is 0 Å². The van der Waals surface area contributed by atoms with E-state index in [9.17, 15) is 0 Å². The first-order valence-electron chi connectivity index (χ1n) is 6.84. The monoisotopic (exact) mass is 245 g/mol. The van der Waals surface area contributed by atoms with Crippen LogP contribution in [-0.4, -0.2) is 35.6 Å². The summed E-state index contributed by atoms with van der Waals surface area (Å²) in [5, 5.41) is 0. The summed E-state index contributed by atoms with van der Waals surface area (Å²) < 4.78 is 0. The molecule has 2 saturated heterocycles. The van der Waals surface area contributed by atoms with Crippen LogP contribution in [0.25, 0.3) is 0 Å². The smallest absolute Gasteiger partial charge is 0.0433 e. The Bertz CT molecular complexity index is 432. The van der Waals surface area contributed by atoms with Crippen LogP contribution < -0.4 is 10.6 Å². The molecular formula is C15H23N3. The molecule has 98 valence electrons. The molecule has 2 bridgehead atoms. The van der Waals surface area contributed by atoms with Gasteiger partial charge in [-0.1, -0.05) is 0 Å². The van der Waals surface area contributed by atoms with E-state index in [1.165, 1.54) is 18.7 Å². The third kappa shape index (κ3) is 1.87. The number of piperazine rings is 1. The van der Waals surface area contributed by atoms with Gasteiger partial charge in [-0.2, -0.15) is 0 Å². The predicted octanol–water partition coefficient (Wildman–Crippen LogP) is 2.33. The van der Waals surface area contributed by atoms with Gasteiger partial charge in [0, 0.05) is 42.1 Å². The van der Waals surface area contributed by atoms with E-state index in [0.717, 1.165) is 12.2 Å². The van der Waals surface area contributed by atoms with Gasteiger partial charge >= 0.3 is 0 Å². The number of rotatable bonds is 1. The molecule has 0 radical (unpaired) electrons. The Hall–Kier alpha value is -1.22. The maximum atomic E-state index is 5.75. The normalized spacial score (nSPS) is 28.1. The molecule has 1 aromatic rings. The minimum atomic E-state index is 0.298. The van der Waals surface area contributed by atoms with E-state index in [-0.39, 0.29) is 0 Å². The number of likely N-dealkylation sites (tertiary alicyclic amines) is 1. The number of hydrogen-bond donors (Lipinski definition) is 1. The number of fused-ring (bicyclic) bond motifs is 2. The minimum absolute atomic E-state index is 0.298. The molecule has 0 aromatic heterocycles. The standard InChI is InChI=1S/C15H23N3/c1-15(2,3)18-10-13-8-14(18)9-17(13)12-6-4-11(16)5-7-12/h4-7,13-14H,8-10,16H2,1-3H3/t13-,14-/m1/s1. The molecule has 3 heteroatoms. The summed E-state index contributed by atoms with van der Waals surface area (Å²) in [5.41, 5.74) is 8.22. The molecule has 2 aliphatic rings. The first-order chi connectivity index (χ1) is 8.45. The second kappa shape index (κ2) is 3.89. The van der Waals surface area contributed by atoms with Gasteiger partial charge in [-0.25, -0.2) is 0 Å². The fourth-order valence-electron chi connectivity index (χ4n) is 3.47. The highest BCUT2D eigenvalue weighted by atomic mass is 15.4. The molecule has 2 fully saturated rings. The number of nitrogen functional groups attached to an aromatic ring is 1. The van der Waals surface area contributed by atoms with E-state index < -0.39 is 0 Å². The predicted molar refractivity (Wildman–Crippen MR) is 76.9 cm³/mol. The highest BCUT2D eigenvalue weighted by molar-refractivity contribution is 5.55. The van der Waals surface area contributed by atoms with Crippen molar-refractivity contribution in [2.75, 3.05) is 23.7 Å². The topological polar surface area (TPSA) is 32.5 Å². The number of benzene rings is 1. The van der Waals surface area contributed by atoms with Crippen molar-refractivity contribution in [2.24, 2.45) is 0 Å². The van der Waals surface area contributed by atoms with Crippen LogP contribution in [0.1, 0.15) is 27.2 Å². The summed E-state index contributed by atoms with van der Waals surface area (Å²) >= 11 is 0. The average molecular weight is 245 g/mol. The van der Waals surface area contributed by atoms with Gasteiger partial charge in [0.05, 0.1) is 0 Å². The summed E-state index contributed by atoms with van der Waals surface area (Å²) in [6, 6.07) is 9.70. The number of anilines is 2. The van der Waals surface area contributed by atoms with Crippen molar-refractivity contribution in [1.29, 1.82) is 0 Å². The van der Waals surface area contributed by atoms with Gasteiger partial charge in [-0.3, -0.25) is 4.90 Å². The van der Waals surface area contributed by atoms with E-state index >= 15 is 0 Å². The summed E-state index contributed by atoms with van der Waals surface area (Å²) in [5.74, 6) is 0. The van der Waals surface area contributed by atoms with Gasteiger partial charge in [-0.05, 0) is 51.5 Å². The Labute approximate surface area is 110 Å². The van der Waals surface area contributed by atoms with Crippen LogP contribution in [0, 0.1) is 0 Å². The van der Waals surface area contributed by atoms with Crippen LogP contribution in [0.5, 0.6) is 0 Å². The van der Waals surface area contributed by atoms with Crippen molar-refractivity contribution in [3.8, 4) is 0 Å². The molecule has 0 spiro atoms. The van der Waals surface area contributed by atoms with Crippen molar-refractivity contribution in [2.45, 2.75) is 44.8 Å². The first kappa shape index (κ1) is 11.8. The Morgan fingerprint density at radius 3 is 2.22 bits per heavy atom. The molecule has 2 aliphatic heterocycles. The molecule has 1 aromatic carbocycles. The Kier molecular flexibility index (Phi) is 2.56. The van der Waals surface area contributed by atoms with Crippen LogP contribution in [0.15, 0.2) is 24.3 Å². The van der Waals surface area contributed by atoms with Crippen LogP contribution in [0.2, 0.25) is 0 Å². The molecule has 0 aliphatic carbocycles. The van der Waals surface area contributed by atoms with Gasteiger partial charge in [0.2, 0.25) is 0 Å². The third-order valence-electron chi connectivity index (χ3n) is 4.33. The van der Waals surface area contributed by atoms with Crippen molar-refractivity contribution < 1.29 is 0 Å². The van der Waals surface area contributed by atoms with Crippen molar-refractivity contribution in [3.05, 3.63) is 24.3 Å². The summed E-state index contributed by atoms with van der Waals surface area (Å²) in [7, 11) is 0. The van der Waals surface area contributed by atoms with Gasteiger partial charge in [0.1, 0.15) is 0 Å². The van der Waals surface area contributed by atoms with Gasteiger partial charge in [0.25, 0.3) is 0 Å². The molecule has 0 amide bonds. The highest BCUT2D eigenvalue weighted by Crippen LogP contribution is 2.38. The Morgan fingerprint density at radius 1 is 1.06 bits per heavy atom. The van der Waals surface area contributed by atoms with Crippen LogP contribution in [-0.2, 0) is 0 Å². The van der Waals surface area contributed by atoms with Gasteiger partial charge in [-0.15, -0.1) is 0 Å². The van der Waals surface area contributed by atoms with Crippen molar-refractivity contribution in [1.82, 2.24) is 4.90 Å². The van der Waals surface area contributed by atoms with Crippen LogP contribution in [0.4, 0.5) is 11.4 Å². The zero-order chi connectivity index (χ0) is 12.9. The maximum absolute atomic E-state index is 5.75. The fourth-order valence-corrected chi connectivity index (χ4v) is 3.47. The fraction of sp³-hybridized carbons (Fsp3) is 0.600. The summed E-state index contributed by atoms with van der Waals surface area (Å²) in [6.45, 7) is 9.31. The Balaban J connectivity index is 1.76. The molecular weight excluding hydrogens is 222 g/mol. The van der Waals surface area contributed by atoms with E-state index in [2.05, 4.69) is 42.7 Å². The van der Waals surface area contributed by atoms with Gasteiger partial charge < -0.3 is 10.6 Å². The molecule has 0 saturated carbocycles. The quantitative estimate of drug-likeness (QED) is 0.771. The van der Waals surface area contributed by atoms with Crippen molar-refractivity contribution >= 4 is 11.4 Å². The lowest BCUT2D eigenvalue weighted by Gasteiger charge is -2.42. The van der Waals surface area contributed by atoms with E-state index in [1.54, 1.807) is 0 Å².